The first kappa shape index (κ1) is 10.2. The first-order valence-corrected chi connectivity index (χ1v) is 4.12. The van der Waals surface area contributed by atoms with E-state index in [1.54, 1.807) is 0 Å². The molecule has 0 N–H and O–H groups in total. The van der Waals surface area contributed by atoms with E-state index in [0.717, 1.165) is 0 Å². The molecule has 0 aliphatic rings. The molecular formula is C4H4F3NO2S. The summed E-state index contributed by atoms with van der Waals surface area (Å²) in [6, 6.07) is 1.32. The summed E-state index contributed by atoms with van der Waals surface area (Å²) in [5.41, 5.74) is -5.23. The van der Waals surface area contributed by atoms with Crippen molar-refractivity contribution in [1.82, 2.24) is 0 Å². The molecule has 0 aliphatic carbocycles. The third-order valence-electron chi connectivity index (χ3n) is 0.835. The summed E-state index contributed by atoms with van der Waals surface area (Å²) in [5.74, 6) is -1.16. The fourth-order valence-electron chi connectivity index (χ4n) is 0.296. The van der Waals surface area contributed by atoms with Gasteiger partial charge in [-0.2, -0.15) is 18.4 Å². The second-order valence-electron chi connectivity index (χ2n) is 1.67. The Morgan fingerprint density at radius 1 is 1.36 bits per heavy atom. The zero-order chi connectivity index (χ0) is 9.12. The smallest absolute Gasteiger partial charge is 0.220 e. The predicted octanol–water partition coefficient (Wildman–Crippen LogP) is 0.835. The van der Waals surface area contributed by atoms with Crippen molar-refractivity contribution >= 4 is 9.84 Å². The molecule has 0 unspecified atom stereocenters. The van der Waals surface area contributed by atoms with Crippen molar-refractivity contribution < 1.29 is 21.6 Å². The summed E-state index contributed by atoms with van der Waals surface area (Å²) in [7, 11) is -5.08. The van der Waals surface area contributed by atoms with Gasteiger partial charge in [0.1, 0.15) is 0 Å². The second kappa shape index (κ2) is 3.09. The standard InChI is InChI=1S/C4H4F3NO2S/c5-4(6,7)11(9,10)3-1-2-8/h1,3H2. The maximum Gasteiger partial charge on any atom is 0.497 e. The van der Waals surface area contributed by atoms with Gasteiger partial charge >= 0.3 is 5.51 Å². The monoisotopic (exact) mass is 187 g/mol. The van der Waals surface area contributed by atoms with E-state index in [1.165, 1.54) is 6.07 Å². The van der Waals surface area contributed by atoms with Crippen molar-refractivity contribution in [2.75, 3.05) is 5.75 Å². The summed E-state index contributed by atoms with van der Waals surface area (Å²) in [6.45, 7) is 0. The van der Waals surface area contributed by atoms with Crippen LogP contribution in [0.2, 0.25) is 0 Å². The Balaban J connectivity index is 4.41. The Morgan fingerprint density at radius 2 is 1.82 bits per heavy atom. The lowest BCUT2D eigenvalue weighted by Gasteiger charge is -2.04. The van der Waals surface area contributed by atoms with Crippen LogP contribution < -0.4 is 0 Å². The van der Waals surface area contributed by atoms with Crippen molar-refractivity contribution in [2.45, 2.75) is 11.9 Å². The molecule has 0 amide bonds. The van der Waals surface area contributed by atoms with Crippen LogP contribution in [0.5, 0.6) is 0 Å². The highest BCUT2D eigenvalue weighted by Crippen LogP contribution is 2.23. The molecule has 0 bridgehead atoms. The minimum absolute atomic E-state index is 0.637. The van der Waals surface area contributed by atoms with Gasteiger partial charge in [0.05, 0.1) is 11.8 Å². The van der Waals surface area contributed by atoms with E-state index in [9.17, 15) is 21.6 Å². The molecule has 0 aromatic carbocycles. The van der Waals surface area contributed by atoms with Gasteiger partial charge in [-0.05, 0) is 0 Å². The number of rotatable bonds is 2. The Hall–Kier alpha value is -0.770. The summed E-state index contributed by atoms with van der Waals surface area (Å²) in [4.78, 5) is 0. The van der Waals surface area contributed by atoms with E-state index in [1.807, 2.05) is 0 Å². The molecule has 0 heterocycles. The van der Waals surface area contributed by atoms with E-state index in [0.29, 0.717) is 0 Å². The summed E-state index contributed by atoms with van der Waals surface area (Å²) in [6.07, 6.45) is -0.637. The van der Waals surface area contributed by atoms with Crippen LogP contribution in [-0.2, 0) is 9.84 Å². The molecule has 0 saturated heterocycles. The molecule has 0 radical (unpaired) electrons. The molecule has 0 aromatic rings. The van der Waals surface area contributed by atoms with Gasteiger partial charge in [-0.15, -0.1) is 0 Å². The average molecular weight is 187 g/mol. The lowest BCUT2D eigenvalue weighted by molar-refractivity contribution is -0.0435. The van der Waals surface area contributed by atoms with Crippen LogP contribution in [0.1, 0.15) is 6.42 Å². The fourth-order valence-corrected chi connectivity index (χ4v) is 0.887. The normalized spacial score (nSPS) is 12.5. The summed E-state index contributed by atoms with van der Waals surface area (Å²) in [5, 5.41) is 7.81. The van der Waals surface area contributed by atoms with Crippen molar-refractivity contribution in [3.63, 3.8) is 0 Å². The summed E-state index contributed by atoms with van der Waals surface area (Å²) >= 11 is 0. The van der Waals surface area contributed by atoms with Crippen molar-refractivity contribution in [3.05, 3.63) is 0 Å². The second-order valence-corrected chi connectivity index (χ2v) is 3.77. The Morgan fingerprint density at radius 3 is 2.09 bits per heavy atom. The minimum atomic E-state index is -5.23. The van der Waals surface area contributed by atoms with E-state index < -0.39 is 27.5 Å². The van der Waals surface area contributed by atoms with Gasteiger partial charge in [0.2, 0.25) is 9.84 Å². The number of nitriles is 1. The van der Waals surface area contributed by atoms with Gasteiger partial charge in [-0.1, -0.05) is 0 Å². The van der Waals surface area contributed by atoms with Crippen LogP contribution in [0.25, 0.3) is 0 Å². The number of hydrogen-bond acceptors (Lipinski definition) is 3. The van der Waals surface area contributed by atoms with Gasteiger partial charge in [0.15, 0.2) is 0 Å². The van der Waals surface area contributed by atoms with E-state index in [-0.39, 0.29) is 0 Å². The molecule has 64 valence electrons. The highest BCUT2D eigenvalue weighted by Gasteiger charge is 2.44. The molecule has 0 fully saturated rings. The molecule has 0 aromatic heterocycles. The summed E-state index contributed by atoms with van der Waals surface area (Å²) < 4.78 is 54.6. The Bertz CT molecular complexity index is 260. The van der Waals surface area contributed by atoms with E-state index in [2.05, 4.69) is 0 Å². The predicted molar refractivity (Wildman–Crippen MR) is 30.1 cm³/mol. The Kier molecular flexibility index (Phi) is 2.87. The molecule has 11 heavy (non-hydrogen) atoms. The number of nitrogens with zero attached hydrogens (tertiary/aromatic N) is 1. The van der Waals surface area contributed by atoms with Crippen molar-refractivity contribution in [1.29, 1.82) is 5.26 Å². The van der Waals surface area contributed by atoms with Crippen molar-refractivity contribution in [2.24, 2.45) is 0 Å². The molecule has 0 spiro atoms. The van der Waals surface area contributed by atoms with Crippen LogP contribution in [-0.4, -0.2) is 19.7 Å². The molecule has 0 rings (SSSR count). The molecule has 0 atom stereocenters. The van der Waals surface area contributed by atoms with Crippen LogP contribution in [0.4, 0.5) is 13.2 Å². The number of sulfone groups is 1. The van der Waals surface area contributed by atoms with Gasteiger partial charge < -0.3 is 0 Å². The molecule has 3 nitrogen and oxygen atoms in total. The van der Waals surface area contributed by atoms with Crippen LogP contribution in [0.15, 0.2) is 0 Å². The van der Waals surface area contributed by atoms with Crippen LogP contribution >= 0.6 is 0 Å². The maximum atomic E-state index is 11.5. The third kappa shape index (κ3) is 2.76. The largest absolute Gasteiger partial charge is 0.497 e. The SMILES string of the molecule is N#CCCS(=O)(=O)C(F)(F)F. The molecule has 0 saturated carbocycles. The van der Waals surface area contributed by atoms with Gasteiger partial charge in [0, 0.05) is 6.42 Å². The number of alkyl halides is 3. The van der Waals surface area contributed by atoms with Crippen molar-refractivity contribution in [3.8, 4) is 6.07 Å². The van der Waals surface area contributed by atoms with Crippen LogP contribution in [0.3, 0.4) is 0 Å². The molecule has 7 heteroatoms. The highest BCUT2D eigenvalue weighted by atomic mass is 32.2. The molecule has 0 aliphatic heterocycles. The number of hydrogen-bond donors (Lipinski definition) is 0. The maximum absolute atomic E-state index is 11.5. The Labute approximate surface area is 61.3 Å². The third-order valence-corrected chi connectivity index (χ3v) is 2.28. The number of halogens is 3. The topological polar surface area (TPSA) is 57.9 Å². The van der Waals surface area contributed by atoms with Crippen LogP contribution in [0, 0.1) is 11.3 Å². The average Bonchev–Trinajstić information content (AvgIpc) is 1.81. The zero-order valence-corrected chi connectivity index (χ0v) is 6.04. The quantitative estimate of drug-likeness (QED) is 0.643. The minimum Gasteiger partial charge on any atom is -0.220 e. The lowest BCUT2D eigenvalue weighted by Crippen LogP contribution is -2.25. The highest BCUT2D eigenvalue weighted by molar-refractivity contribution is 7.92. The van der Waals surface area contributed by atoms with Gasteiger partial charge in [-0.25, -0.2) is 8.42 Å². The first-order valence-electron chi connectivity index (χ1n) is 2.47. The van der Waals surface area contributed by atoms with E-state index in [4.69, 9.17) is 5.26 Å². The van der Waals surface area contributed by atoms with Gasteiger partial charge in [-0.3, -0.25) is 0 Å². The van der Waals surface area contributed by atoms with E-state index >= 15 is 0 Å². The van der Waals surface area contributed by atoms with Gasteiger partial charge in [0.25, 0.3) is 0 Å². The molecular weight excluding hydrogens is 183 g/mol. The first-order chi connectivity index (χ1) is 4.81. The lowest BCUT2D eigenvalue weighted by atomic mass is 10.6. The fraction of sp³-hybridized carbons (Fsp3) is 0.750. The zero-order valence-electron chi connectivity index (χ0n) is 5.22.